The first-order valence-electron chi connectivity index (χ1n) is 6.37. The van der Waals surface area contributed by atoms with E-state index in [1.807, 2.05) is 19.0 Å². The summed E-state index contributed by atoms with van der Waals surface area (Å²) in [5.41, 5.74) is 0.547. The number of benzene rings is 1. The van der Waals surface area contributed by atoms with Crippen LogP contribution in [-0.4, -0.2) is 50.2 Å². The quantitative estimate of drug-likeness (QED) is 0.429. The van der Waals surface area contributed by atoms with Crippen LogP contribution in [0.5, 0.6) is 0 Å². The number of nitro groups is 1. The maximum absolute atomic E-state index is 10.9. The Bertz CT molecular complexity index is 441. The smallest absolute Gasteiger partial charge is 0.275 e. The van der Waals surface area contributed by atoms with Gasteiger partial charge in [0.05, 0.1) is 28.7 Å². The first-order valence-corrected chi connectivity index (χ1v) is 6.75. The normalized spacial score (nSPS) is 11.0. The third-order valence-corrected chi connectivity index (χ3v) is 3.05. The van der Waals surface area contributed by atoms with Crippen LogP contribution < -0.4 is 5.32 Å². The fraction of sp³-hybridized carbons (Fsp3) is 0.538. The third kappa shape index (κ3) is 5.83. The van der Waals surface area contributed by atoms with Crippen molar-refractivity contribution >= 4 is 17.3 Å². The van der Waals surface area contributed by atoms with Gasteiger partial charge in [-0.15, -0.1) is 0 Å². The Hall–Kier alpha value is -1.21. The number of likely N-dealkylation sites (N-methyl/N-ethyl adjacent to an activating group) is 1. The lowest BCUT2D eigenvalue weighted by atomic mass is 10.2. The molecule has 0 spiro atoms. The Morgan fingerprint density at radius 2 is 2.15 bits per heavy atom. The van der Waals surface area contributed by atoms with Crippen LogP contribution in [-0.2, 0) is 11.3 Å². The van der Waals surface area contributed by atoms with Crippen molar-refractivity contribution in [1.82, 2.24) is 10.2 Å². The second kappa shape index (κ2) is 8.86. The predicted octanol–water partition coefficient (Wildman–Crippen LogP) is 1.92. The van der Waals surface area contributed by atoms with Crippen molar-refractivity contribution < 1.29 is 9.66 Å². The molecular formula is C13H20ClN3O3. The fourth-order valence-corrected chi connectivity index (χ4v) is 1.84. The molecule has 112 valence electrons. The zero-order valence-electron chi connectivity index (χ0n) is 11.8. The van der Waals surface area contributed by atoms with E-state index >= 15 is 0 Å². The molecule has 0 atom stereocenters. The minimum atomic E-state index is -0.420. The molecule has 0 amide bonds. The third-order valence-electron chi connectivity index (χ3n) is 2.70. The summed E-state index contributed by atoms with van der Waals surface area (Å²) in [6.45, 7) is 3.08. The van der Waals surface area contributed by atoms with E-state index < -0.39 is 4.92 Å². The van der Waals surface area contributed by atoms with Gasteiger partial charge >= 0.3 is 0 Å². The van der Waals surface area contributed by atoms with Gasteiger partial charge in [-0.1, -0.05) is 17.7 Å². The molecule has 0 saturated carbocycles. The maximum Gasteiger partial charge on any atom is 0.275 e. The molecule has 0 aromatic heterocycles. The van der Waals surface area contributed by atoms with Gasteiger partial charge in [-0.05, 0) is 20.2 Å². The molecule has 0 aliphatic heterocycles. The molecule has 20 heavy (non-hydrogen) atoms. The van der Waals surface area contributed by atoms with Crippen LogP contribution in [0.25, 0.3) is 0 Å². The van der Waals surface area contributed by atoms with Gasteiger partial charge in [0.15, 0.2) is 0 Å². The van der Waals surface area contributed by atoms with Crippen molar-refractivity contribution in [3.63, 3.8) is 0 Å². The molecule has 7 heteroatoms. The van der Waals surface area contributed by atoms with Crippen LogP contribution in [0.15, 0.2) is 18.2 Å². The minimum Gasteiger partial charge on any atom is -0.379 e. The monoisotopic (exact) mass is 301 g/mol. The van der Waals surface area contributed by atoms with Gasteiger partial charge in [0, 0.05) is 25.7 Å². The summed E-state index contributed by atoms with van der Waals surface area (Å²) in [5.74, 6) is 0. The number of hydrogen-bond acceptors (Lipinski definition) is 5. The molecule has 0 radical (unpaired) electrons. The summed E-state index contributed by atoms with van der Waals surface area (Å²) < 4.78 is 5.42. The van der Waals surface area contributed by atoms with Crippen molar-refractivity contribution in [3.8, 4) is 0 Å². The standard InChI is InChI=1S/C13H20ClN3O3/c1-16(2)7-9-20-8-6-15-10-11-12(14)4-3-5-13(11)17(18)19/h3-5,15H,6-10H2,1-2H3. The van der Waals surface area contributed by atoms with Gasteiger partial charge in [-0.2, -0.15) is 0 Å². The van der Waals surface area contributed by atoms with Crippen molar-refractivity contribution in [2.24, 2.45) is 0 Å². The van der Waals surface area contributed by atoms with Gasteiger partial charge in [-0.25, -0.2) is 0 Å². The number of nitrogens with zero attached hydrogens (tertiary/aromatic N) is 2. The summed E-state index contributed by atoms with van der Waals surface area (Å²) in [7, 11) is 3.97. The summed E-state index contributed by atoms with van der Waals surface area (Å²) in [6.07, 6.45) is 0. The second-order valence-electron chi connectivity index (χ2n) is 4.59. The van der Waals surface area contributed by atoms with Crippen molar-refractivity contribution in [1.29, 1.82) is 0 Å². The summed E-state index contributed by atoms with van der Waals surface area (Å²) in [6, 6.07) is 4.68. The summed E-state index contributed by atoms with van der Waals surface area (Å²) in [5, 5.41) is 14.4. The molecule has 0 fully saturated rings. The maximum atomic E-state index is 10.9. The van der Waals surface area contributed by atoms with Crippen LogP contribution in [0.4, 0.5) is 5.69 Å². The van der Waals surface area contributed by atoms with Crippen LogP contribution >= 0.6 is 11.6 Å². The molecule has 0 saturated heterocycles. The summed E-state index contributed by atoms with van der Waals surface area (Å²) in [4.78, 5) is 12.5. The van der Waals surface area contributed by atoms with E-state index in [1.165, 1.54) is 6.07 Å². The number of nitro benzene ring substituents is 1. The Morgan fingerprint density at radius 3 is 2.80 bits per heavy atom. The van der Waals surface area contributed by atoms with Gasteiger partial charge in [0.25, 0.3) is 5.69 Å². The molecule has 1 aromatic carbocycles. The van der Waals surface area contributed by atoms with Crippen LogP contribution in [0, 0.1) is 10.1 Å². The SMILES string of the molecule is CN(C)CCOCCNCc1c(Cl)cccc1[N+](=O)[O-]. The average Bonchev–Trinajstić information content (AvgIpc) is 2.38. The fourth-order valence-electron chi connectivity index (χ4n) is 1.60. The van der Waals surface area contributed by atoms with Crippen molar-refractivity contribution in [2.75, 3.05) is 40.4 Å². The zero-order chi connectivity index (χ0) is 15.0. The van der Waals surface area contributed by atoms with Crippen LogP contribution in [0.3, 0.4) is 0 Å². The Labute approximate surface area is 123 Å². The number of nitrogens with one attached hydrogen (secondary N) is 1. The van der Waals surface area contributed by atoms with E-state index in [1.54, 1.807) is 12.1 Å². The lowest BCUT2D eigenvalue weighted by molar-refractivity contribution is -0.385. The predicted molar refractivity (Wildman–Crippen MR) is 79.2 cm³/mol. The van der Waals surface area contributed by atoms with Crippen LogP contribution in [0.2, 0.25) is 5.02 Å². The average molecular weight is 302 g/mol. The van der Waals surface area contributed by atoms with Crippen LogP contribution in [0.1, 0.15) is 5.56 Å². The first-order chi connectivity index (χ1) is 9.52. The molecule has 1 aromatic rings. The lowest BCUT2D eigenvalue weighted by Gasteiger charge is -2.10. The topological polar surface area (TPSA) is 67.6 Å². The molecule has 1 rings (SSSR count). The molecular weight excluding hydrogens is 282 g/mol. The number of hydrogen-bond donors (Lipinski definition) is 1. The van der Waals surface area contributed by atoms with Gasteiger partial charge in [0.1, 0.15) is 0 Å². The highest BCUT2D eigenvalue weighted by Gasteiger charge is 2.15. The highest BCUT2D eigenvalue weighted by Crippen LogP contribution is 2.25. The number of ether oxygens (including phenoxy) is 1. The molecule has 0 aliphatic rings. The second-order valence-corrected chi connectivity index (χ2v) is 4.99. The van der Waals surface area contributed by atoms with Crippen molar-refractivity contribution in [2.45, 2.75) is 6.54 Å². The number of rotatable bonds is 9. The van der Waals surface area contributed by atoms with Gasteiger partial charge < -0.3 is 15.0 Å². The molecule has 1 N–H and O–H groups in total. The van der Waals surface area contributed by atoms with E-state index in [0.29, 0.717) is 36.9 Å². The minimum absolute atomic E-state index is 0.0403. The molecule has 0 aliphatic carbocycles. The van der Waals surface area contributed by atoms with E-state index in [0.717, 1.165) is 6.54 Å². The Balaban J connectivity index is 2.33. The van der Waals surface area contributed by atoms with E-state index in [2.05, 4.69) is 5.32 Å². The highest BCUT2D eigenvalue weighted by atomic mass is 35.5. The largest absolute Gasteiger partial charge is 0.379 e. The summed E-state index contributed by atoms with van der Waals surface area (Å²) >= 11 is 5.99. The van der Waals surface area contributed by atoms with E-state index in [9.17, 15) is 10.1 Å². The highest BCUT2D eigenvalue weighted by molar-refractivity contribution is 6.31. The first kappa shape index (κ1) is 16.8. The number of halogens is 1. The zero-order valence-corrected chi connectivity index (χ0v) is 12.5. The lowest BCUT2D eigenvalue weighted by Crippen LogP contribution is -2.23. The molecule has 0 bridgehead atoms. The van der Waals surface area contributed by atoms with Crippen molar-refractivity contribution in [3.05, 3.63) is 38.9 Å². The Kier molecular flexibility index (Phi) is 7.46. The molecule has 0 unspecified atom stereocenters. The Morgan fingerprint density at radius 1 is 1.40 bits per heavy atom. The molecule has 0 heterocycles. The van der Waals surface area contributed by atoms with Gasteiger partial charge in [0.2, 0.25) is 0 Å². The van der Waals surface area contributed by atoms with E-state index in [-0.39, 0.29) is 5.69 Å². The van der Waals surface area contributed by atoms with E-state index in [4.69, 9.17) is 16.3 Å². The van der Waals surface area contributed by atoms with Gasteiger partial charge in [-0.3, -0.25) is 10.1 Å². The molecule has 6 nitrogen and oxygen atoms in total.